The molecule has 1 aliphatic heterocycles. The van der Waals surface area contributed by atoms with Crippen LogP contribution in [-0.4, -0.2) is 22.8 Å². The minimum absolute atomic E-state index is 0.108. The van der Waals surface area contributed by atoms with Gasteiger partial charge in [-0.1, -0.05) is 29.9 Å². The number of esters is 1. The average molecular weight is 318 g/mol. The van der Waals surface area contributed by atoms with Gasteiger partial charge in [0.2, 0.25) is 0 Å². The first-order valence-electron chi connectivity index (χ1n) is 8.73. The first-order valence-corrected chi connectivity index (χ1v) is 8.73. The lowest BCUT2D eigenvalue weighted by Gasteiger charge is -2.38. The smallest absolute Gasteiger partial charge is 0.334 e. The molecule has 23 heavy (non-hydrogen) atoms. The Morgan fingerprint density at radius 3 is 2.61 bits per heavy atom. The van der Waals surface area contributed by atoms with Gasteiger partial charge in [0.1, 0.15) is 6.10 Å². The number of hydrogen-bond donors (Lipinski definition) is 1. The fraction of sp³-hybridized carbons (Fsp3) is 0.650. The Bertz CT molecular complexity index is 525. The van der Waals surface area contributed by atoms with Gasteiger partial charge in [-0.3, -0.25) is 0 Å². The number of rotatable bonds is 0. The van der Waals surface area contributed by atoms with Gasteiger partial charge in [-0.25, -0.2) is 4.79 Å². The molecule has 1 saturated heterocycles. The Morgan fingerprint density at radius 1 is 1.22 bits per heavy atom. The number of carbonyl (C=O) groups is 1. The lowest BCUT2D eigenvalue weighted by Crippen LogP contribution is -2.47. The van der Waals surface area contributed by atoms with Crippen molar-refractivity contribution >= 4 is 5.97 Å². The second kappa shape index (κ2) is 7.48. The lowest BCUT2D eigenvalue weighted by atomic mass is 9.79. The molecule has 3 atom stereocenters. The number of aliphatic hydroxyl groups is 1. The summed E-state index contributed by atoms with van der Waals surface area (Å²) in [4.78, 5) is 12.1. The molecule has 0 spiro atoms. The van der Waals surface area contributed by atoms with Crippen LogP contribution in [-0.2, 0) is 9.53 Å². The van der Waals surface area contributed by atoms with Crippen molar-refractivity contribution in [3.05, 3.63) is 35.5 Å². The maximum atomic E-state index is 12.1. The number of fused-ring (bicyclic) bond motifs is 2. The van der Waals surface area contributed by atoms with E-state index in [1.807, 2.05) is 0 Å². The van der Waals surface area contributed by atoms with Gasteiger partial charge in [0.15, 0.2) is 0 Å². The standard InChI is InChI=1S/C20H30O3/c1-14-7-5-8-15(2)10-11-17-13-18(23-19(21)16(17)3)20(4,22)12-6-9-14/h8-9,17-18,22H,3,5-7,10-13H2,1-2,4H3/b14-9+,15-8+/t17-,18+,20+/m1/s1. The predicted octanol–water partition coefficient (Wildman–Crippen LogP) is 4.47. The van der Waals surface area contributed by atoms with E-state index in [2.05, 4.69) is 32.6 Å². The highest BCUT2D eigenvalue weighted by Crippen LogP contribution is 2.36. The van der Waals surface area contributed by atoms with E-state index >= 15 is 0 Å². The molecule has 0 aromatic carbocycles. The van der Waals surface area contributed by atoms with Gasteiger partial charge in [-0.15, -0.1) is 0 Å². The van der Waals surface area contributed by atoms with Crippen molar-refractivity contribution in [1.29, 1.82) is 0 Å². The van der Waals surface area contributed by atoms with Crippen LogP contribution < -0.4 is 0 Å². The first-order chi connectivity index (χ1) is 10.8. The molecule has 0 aromatic heterocycles. The molecule has 1 fully saturated rings. The highest BCUT2D eigenvalue weighted by molar-refractivity contribution is 5.89. The zero-order valence-electron chi connectivity index (χ0n) is 14.7. The van der Waals surface area contributed by atoms with E-state index < -0.39 is 11.7 Å². The molecule has 2 aliphatic rings. The summed E-state index contributed by atoms with van der Waals surface area (Å²) < 4.78 is 5.47. The van der Waals surface area contributed by atoms with Gasteiger partial charge < -0.3 is 9.84 Å². The number of ether oxygens (including phenoxy) is 1. The molecule has 0 amide bonds. The summed E-state index contributed by atoms with van der Waals surface area (Å²) in [6.45, 7) is 10.0. The van der Waals surface area contributed by atoms with E-state index in [4.69, 9.17) is 4.74 Å². The SMILES string of the molecule is C=C1C(=O)O[C@H]2C[C@H]1CC/C(C)=C/CC/C(C)=C/CC[C@]2(C)O. The number of carbonyl (C=O) groups excluding carboxylic acids is 1. The van der Waals surface area contributed by atoms with Crippen molar-refractivity contribution in [2.45, 2.75) is 77.4 Å². The minimum Gasteiger partial charge on any atom is -0.456 e. The normalized spacial score (nSPS) is 38.6. The zero-order valence-corrected chi connectivity index (χ0v) is 14.7. The van der Waals surface area contributed by atoms with Gasteiger partial charge in [0, 0.05) is 5.57 Å². The van der Waals surface area contributed by atoms with Crippen molar-refractivity contribution in [3.8, 4) is 0 Å². The predicted molar refractivity (Wildman–Crippen MR) is 93.0 cm³/mol. The molecule has 1 N–H and O–H groups in total. The molecule has 0 radical (unpaired) electrons. The van der Waals surface area contributed by atoms with E-state index in [0.717, 1.165) is 32.1 Å². The van der Waals surface area contributed by atoms with E-state index in [1.54, 1.807) is 6.92 Å². The molecule has 1 aliphatic carbocycles. The van der Waals surface area contributed by atoms with Crippen LogP contribution in [0.25, 0.3) is 0 Å². The maximum absolute atomic E-state index is 12.1. The molecular formula is C20H30O3. The van der Waals surface area contributed by atoms with Crippen molar-refractivity contribution in [2.24, 2.45) is 5.92 Å². The zero-order chi connectivity index (χ0) is 17.0. The van der Waals surface area contributed by atoms with Crippen LogP contribution in [0.3, 0.4) is 0 Å². The van der Waals surface area contributed by atoms with Gasteiger partial charge in [-0.05, 0) is 71.6 Å². The quantitative estimate of drug-likeness (QED) is 0.407. The largest absolute Gasteiger partial charge is 0.456 e. The van der Waals surface area contributed by atoms with Crippen molar-refractivity contribution in [3.63, 3.8) is 0 Å². The van der Waals surface area contributed by atoms with Crippen molar-refractivity contribution in [2.75, 3.05) is 0 Å². The fourth-order valence-corrected chi connectivity index (χ4v) is 3.42. The summed E-state index contributed by atoms with van der Waals surface area (Å²) in [6, 6.07) is 0. The van der Waals surface area contributed by atoms with Crippen LogP contribution in [0.2, 0.25) is 0 Å². The van der Waals surface area contributed by atoms with Crippen LogP contribution in [0.15, 0.2) is 35.5 Å². The second-order valence-corrected chi connectivity index (χ2v) is 7.43. The third-order valence-corrected chi connectivity index (χ3v) is 5.26. The monoisotopic (exact) mass is 318 g/mol. The van der Waals surface area contributed by atoms with E-state index in [1.165, 1.54) is 11.1 Å². The molecular weight excluding hydrogens is 288 g/mol. The van der Waals surface area contributed by atoms with Gasteiger partial charge in [0.25, 0.3) is 0 Å². The Balaban J connectivity index is 2.21. The summed E-state index contributed by atoms with van der Waals surface area (Å²) in [6.07, 6.45) is 10.1. The Morgan fingerprint density at radius 2 is 1.87 bits per heavy atom. The molecule has 0 aromatic rings. The van der Waals surface area contributed by atoms with Gasteiger partial charge >= 0.3 is 5.97 Å². The highest BCUT2D eigenvalue weighted by Gasteiger charge is 2.41. The molecule has 3 heteroatoms. The summed E-state index contributed by atoms with van der Waals surface area (Å²) in [5.41, 5.74) is 2.30. The van der Waals surface area contributed by atoms with E-state index in [9.17, 15) is 9.90 Å². The maximum Gasteiger partial charge on any atom is 0.334 e. The highest BCUT2D eigenvalue weighted by atomic mass is 16.6. The van der Waals surface area contributed by atoms with Crippen LogP contribution in [0.5, 0.6) is 0 Å². The third-order valence-electron chi connectivity index (χ3n) is 5.26. The first kappa shape index (κ1) is 18.0. The third kappa shape index (κ3) is 4.81. The molecule has 0 saturated carbocycles. The van der Waals surface area contributed by atoms with Crippen molar-refractivity contribution < 1.29 is 14.6 Å². The summed E-state index contributed by atoms with van der Waals surface area (Å²) in [5, 5.41) is 10.8. The molecule has 2 bridgehead atoms. The molecule has 1 heterocycles. The summed E-state index contributed by atoms with van der Waals surface area (Å²) in [5.74, 6) is -0.233. The topological polar surface area (TPSA) is 46.5 Å². The Hall–Kier alpha value is -1.35. The Labute approximate surface area is 140 Å². The molecule has 0 unspecified atom stereocenters. The Kier molecular flexibility index (Phi) is 5.85. The van der Waals surface area contributed by atoms with Crippen molar-refractivity contribution in [1.82, 2.24) is 0 Å². The fourth-order valence-electron chi connectivity index (χ4n) is 3.42. The molecule has 128 valence electrons. The van der Waals surface area contributed by atoms with Crippen LogP contribution in [0.4, 0.5) is 0 Å². The lowest BCUT2D eigenvalue weighted by molar-refractivity contribution is -0.168. The van der Waals surface area contributed by atoms with E-state index in [0.29, 0.717) is 18.4 Å². The summed E-state index contributed by atoms with van der Waals surface area (Å²) >= 11 is 0. The molecule has 2 rings (SSSR count). The van der Waals surface area contributed by atoms with Gasteiger partial charge in [0.05, 0.1) is 5.60 Å². The molecule has 3 nitrogen and oxygen atoms in total. The summed E-state index contributed by atoms with van der Waals surface area (Å²) in [7, 11) is 0. The van der Waals surface area contributed by atoms with Gasteiger partial charge in [-0.2, -0.15) is 0 Å². The second-order valence-electron chi connectivity index (χ2n) is 7.43. The van der Waals surface area contributed by atoms with E-state index in [-0.39, 0.29) is 11.9 Å². The average Bonchev–Trinajstić information content (AvgIpc) is 2.47. The van der Waals surface area contributed by atoms with Crippen LogP contribution in [0, 0.1) is 5.92 Å². The van der Waals surface area contributed by atoms with Crippen LogP contribution in [0.1, 0.15) is 65.7 Å². The number of hydrogen-bond acceptors (Lipinski definition) is 3. The van der Waals surface area contributed by atoms with Crippen LogP contribution >= 0.6 is 0 Å². The minimum atomic E-state index is -0.986. The number of allylic oxidation sites excluding steroid dienone is 4.